The van der Waals surface area contributed by atoms with E-state index in [4.69, 9.17) is 11.6 Å². The lowest BCUT2D eigenvalue weighted by molar-refractivity contribution is 0.384. The largest absolute Gasteiger partial charge is 0.352 e. The van der Waals surface area contributed by atoms with Crippen LogP contribution in [-0.2, 0) is 10.0 Å². The third-order valence-electron chi connectivity index (χ3n) is 6.05. The second-order valence-electron chi connectivity index (χ2n) is 7.80. The molecule has 0 spiro atoms. The molecule has 8 nitrogen and oxygen atoms in total. The summed E-state index contributed by atoms with van der Waals surface area (Å²) in [4.78, 5) is 15.9. The summed E-state index contributed by atoms with van der Waals surface area (Å²) in [6.45, 7) is 1.88. The zero-order valence-corrected chi connectivity index (χ0v) is 18.1. The summed E-state index contributed by atoms with van der Waals surface area (Å²) >= 11 is 5.89. The number of benzene rings is 1. The number of halogens is 1. The van der Waals surface area contributed by atoms with Gasteiger partial charge in [-0.05, 0) is 37.1 Å². The number of rotatable bonds is 4. The van der Waals surface area contributed by atoms with Crippen molar-refractivity contribution in [1.29, 1.82) is 0 Å². The fourth-order valence-electron chi connectivity index (χ4n) is 4.42. The van der Waals surface area contributed by atoms with Crippen LogP contribution in [0.1, 0.15) is 31.7 Å². The Hall–Kier alpha value is -2.23. The molecule has 5 rings (SSSR count). The summed E-state index contributed by atoms with van der Waals surface area (Å²) in [5, 5.41) is 0.517. The molecule has 3 aromatic rings. The summed E-state index contributed by atoms with van der Waals surface area (Å²) in [5.74, 6) is 0.778. The van der Waals surface area contributed by atoms with Crippen molar-refractivity contribution >= 4 is 38.6 Å². The van der Waals surface area contributed by atoms with E-state index < -0.39 is 10.0 Å². The fraction of sp³-hybridized carbons (Fsp3) is 0.450. The van der Waals surface area contributed by atoms with Gasteiger partial charge in [0.25, 0.3) is 0 Å². The summed E-state index contributed by atoms with van der Waals surface area (Å²) in [6, 6.07) is 6.76. The summed E-state index contributed by atoms with van der Waals surface area (Å²) in [7, 11) is -3.54. The number of hydrogen-bond acceptors (Lipinski definition) is 6. The van der Waals surface area contributed by atoms with E-state index >= 15 is 0 Å². The molecule has 2 aliphatic rings. The van der Waals surface area contributed by atoms with Gasteiger partial charge in [0, 0.05) is 37.2 Å². The van der Waals surface area contributed by atoms with Gasteiger partial charge in [-0.15, -0.1) is 0 Å². The Morgan fingerprint density at radius 1 is 0.933 bits per heavy atom. The van der Waals surface area contributed by atoms with Crippen LogP contribution < -0.4 is 4.90 Å². The summed E-state index contributed by atoms with van der Waals surface area (Å²) in [6.07, 6.45) is 8.26. The first kappa shape index (κ1) is 19.7. The highest BCUT2D eigenvalue weighted by molar-refractivity contribution is 7.89. The molecular weight excluding hydrogens is 424 g/mol. The van der Waals surface area contributed by atoms with Gasteiger partial charge in [-0.2, -0.15) is 4.31 Å². The molecule has 1 aromatic carbocycles. The second kappa shape index (κ2) is 7.79. The van der Waals surface area contributed by atoms with Crippen molar-refractivity contribution < 1.29 is 8.42 Å². The lowest BCUT2D eigenvalue weighted by Crippen LogP contribution is -2.49. The molecule has 158 valence electrons. The quantitative estimate of drug-likeness (QED) is 0.612. The van der Waals surface area contributed by atoms with Gasteiger partial charge in [0.1, 0.15) is 6.33 Å². The Balaban J connectivity index is 1.35. The standard InChI is InChI=1S/C20H23ClN6O2S/c21-15-5-7-17(8-6-15)30(28,29)26-11-9-25(10-12-26)19-18-20(23-13-22-19)27(14-24-18)16-3-1-2-4-16/h5-8,13-14,16H,1-4,9-12H2. The van der Waals surface area contributed by atoms with E-state index in [2.05, 4.69) is 24.4 Å². The number of aromatic nitrogens is 4. The van der Waals surface area contributed by atoms with Crippen LogP contribution >= 0.6 is 11.6 Å². The molecule has 2 fully saturated rings. The molecule has 0 bridgehead atoms. The molecule has 1 aliphatic carbocycles. The van der Waals surface area contributed by atoms with Crippen LogP contribution in [0.2, 0.25) is 5.02 Å². The molecule has 0 atom stereocenters. The monoisotopic (exact) mass is 446 g/mol. The predicted octanol–water partition coefficient (Wildman–Crippen LogP) is 3.11. The zero-order valence-electron chi connectivity index (χ0n) is 16.5. The lowest BCUT2D eigenvalue weighted by atomic mass is 10.2. The van der Waals surface area contributed by atoms with Crippen molar-refractivity contribution in [2.24, 2.45) is 0 Å². The Labute approximate surface area is 180 Å². The molecule has 1 aliphatic heterocycles. The van der Waals surface area contributed by atoms with Crippen LogP contribution in [0, 0.1) is 0 Å². The molecular formula is C20H23ClN6O2S. The van der Waals surface area contributed by atoms with Crippen molar-refractivity contribution in [3.63, 3.8) is 0 Å². The van der Waals surface area contributed by atoms with Crippen LogP contribution in [0.25, 0.3) is 11.2 Å². The highest BCUT2D eigenvalue weighted by atomic mass is 35.5. The van der Waals surface area contributed by atoms with Crippen LogP contribution in [0.4, 0.5) is 5.82 Å². The molecule has 0 unspecified atom stereocenters. The third kappa shape index (κ3) is 3.44. The predicted molar refractivity (Wildman–Crippen MR) is 115 cm³/mol. The highest BCUT2D eigenvalue weighted by Crippen LogP contribution is 2.33. The van der Waals surface area contributed by atoms with Crippen molar-refractivity contribution in [3.8, 4) is 0 Å². The first-order chi connectivity index (χ1) is 14.5. The average molecular weight is 447 g/mol. The van der Waals surface area contributed by atoms with Gasteiger partial charge in [0.05, 0.1) is 11.2 Å². The number of anilines is 1. The van der Waals surface area contributed by atoms with Crippen molar-refractivity contribution in [1.82, 2.24) is 23.8 Å². The fourth-order valence-corrected chi connectivity index (χ4v) is 5.96. The molecule has 3 heterocycles. The molecule has 2 aromatic heterocycles. The van der Waals surface area contributed by atoms with Crippen LogP contribution in [0.5, 0.6) is 0 Å². The van der Waals surface area contributed by atoms with E-state index in [0.717, 1.165) is 29.8 Å². The zero-order chi connectivity index (χ0) is 20.7. The number of fused-ring (bicyclic) bond motifs is 1. The molecule has 0 radical (unpaired) electrons. The van der Waals surface area contributed by atoms with Gasteiger partial charge in [-0.1, -0.05) is 24.4 Å². The highest BCUT2D eigenvalue weighted by Gasteiger charge is 2.30. The SMILES string of the molecule is O=S(=O)(c1ccc(Cl)cc1)N1CCN(c2ncnc3c2ncn3C2CCCC2)CC1. The van der Waals surface area contributed by atoms with Gasteiger partial charge in [0.2, 0.25) is 10.0 Å². The summed E-state index contributed by atoms with van der Waals surface area (Å²) in [5.41, 5.74) is 1.65. The van der Waals surface area contributed by atoms with Gasteiger partial charge in [0.15, 0.2) is 17.0 Å². The molecule has 0 N–H and O–H groups in total. The number of imidazole rings is 1. The molecule has 1 saturated heterocycles. The van der Waals surface area contributed by atoms with Crippen LogP contribution in [-0.4, -0.2) is 58.4 Å². The minimum Gasteiger partial charge on any atom is -0.352 e. The maximum atomic E-state index is 12.9. The minimum atomic E-state index is -3.54. The molecule has 30 heavy (non-hydrogen) atoms. The Morgan fingerprint density at radius 3 is 2.33 bits per heavy atom. The first-order valence-corrected chi connectivity index (χ1v) is 12.0. The van der Waals surface area contributed by atoms with E-state index in [9.17, 15) is 8.42 Å². The Bertz CT molecular complexity index is 1150. The van der Waals surface area contributed by atoms with Gasteiger partial charge in [-0.3, -0.25) is 0 Å². The minimum absolute atomic E-state index is 0.264. The number of nitrogens with zero attached hydrogens (tertiary/aromatic N) is 6. The number of hydrogen-bond donors (Lipinski definition) is 0. The van der Waals surface area contributed by atoms with E-state index in [0.29, 0.717) is 37.2 Å². The van der Waals surface area contributed by atoms with E-state index in [-0.39, 0.29) is 4.90 Å². The lowest BCUT2D eigenvalue weighted by Gasteiger charge is -2.34. The molecule has 10 heteroatoms. The van der Waals surface area contributed by atoms with Crippen molar-refractivity contribution in [2.75, 3.05) is 31.1 Å². The maximum Gasteiger partial charge on any atom is 0.243 e. The van der Waals surface area contributed by atoms with Crippen molar-refractivity contribution in [2.45, 2.75) is 36.6 Å². The Morgan fingerprint density at radius 2 is 1.63 bits per heavy atom. The number of piperazine rings is 1. The second-order valence-corrected chi connectivity index (χ2v) is 10.2. The van der Waals surface area contributed by atoms with Crippen molar-refractivity contribution in [3.05, 3.63) is 41.9 Å². The first-order valence-electron chi connectivity index (χ1n) is 10.2. The van der Waals surface area contributed by atoms with E-state index in [1.54, 1.807) is 30.6 Å². The van der Waals surface area contributed by atoms with Gasteiger partial charge < -0.3 is 9.47 Å². The van der Waals surface area contributed by atoms with Crippen LogP contribution in [0.15, 0.2) is 41.8 Å². The third-order valence-corrected chi connectivity index (χ3v) is 8.21. The van der Waals surface area contributed by atoms with E-state index in [1.807, 2.05) is 6.33 Å². The smallest absolute Gasteiger partial charge is 0.243 e. The van der Waals surface area contributed by atoms with Gasteiger partial charge >= 0.3 is 0 Å². The molecule has 0 amide bonds. The maximum absolute atomic E-state index is 12.9. The van der Waals surface area contributed by atoms with Crippen LogP contribution in [0.3, 0.4) is 0 Å². The molecule has 1 saturated carbocycles. The topological polar surface area (TPSA) is 84.2 Å². The normalized spacial score (nSPS) is 19.0. The summed E-state index contributed by atoms with van der Waals surface area (Å²) < 4.78 is 29.5. The Kier molecular flexibility index (Phi) is 5.12. The number of sulfonamides is 1. The average Bonchev–Trinajstić information content (AvgIpc) is 3.43. The van der Waals surface area contributed by atoms with E-state index in [1.165, 1.54) is 17.1 Å². The van der Waals surface area contributed by atoms with Gasteiger partial charge in [-0.25, -0.2) is 23.4 Å².